The third kappa shape index (κ3) is 4.47. The second kappa shape index (κ2) is 8.66. The highest BCUT2D eigenvalue weighted by atomic mass is 35.5. The first-order chi connectivity index (χ1) is 14.9. The molecule has 31 heavy (non-hydrogen) atoms. The summed E-state index contributed by atoms with van der Waals surface area (Å²) in [5.74, 6) is 0.317. The van der Waals surface area contributed by atoms with E-state index < -0.39 is 11.9 Å². The molecule has 0 spiro atoms. The lowest BCUT2D eigenvalue weighted by atomic mass is 10.1. The zero-order valence-corrected chi connectivity index (χ0v) is 17.2. The zero-order chi connectivity index (χ0) is 22.0. The van der Waals surface area contributed by atoms with Crippen LogP contribution < -0.4 is 10.9 Å². The van der Waals surface area contributed by atoms with E-state index in [0.717, 1.165) is 0 Å². The first-order valence-electron chi connectivity index (χ1n) is 9.32. The van der Waals surface area contributed by atoms with Crippen LogP contribution in [0.3, 0.4) is 0 Å². The summed E-state index contributed by atoms with van der Waals surface area (Å²) >= 11 is 5.73. The zero-order valence-electron chi connectivity index (χ0n) is 16.4. The summed E-state index contributed by atoms with van der Waals surface area (Å²) in [6.07, 6.45) is 4.90. The lowest BCUT2D eigenvalue weighted by Gasteiger charge is -2.18. The number of aliphatic hydroxyl groups is 1. The molecular formula is C21H18ClFN6O2. The van der Waals surface area contributed by atoms with E-state index in [-0.39, 0.29) is 17.2 Å². The van der Waals surface area contributed by atoms with Crippen LogP contribution in [0.1, 0.15) is 11.6 Å². The van der Waals surface area contributed by atoms with Gasteiger partial charge >= 0.3 is 0 Å². The number of aliphatic hydroxyl groups excluding tert-OH is 1. The third-order valence-electron chi connectivity index (χ3n) is 4.69. The summed E-state index contributed by atoms with van der Waals surface area (Å²) in [6, 6.07) is 10.00. The number of pyridine rings is 1. The Hall–Kier alpha value is -3.56. The maximum atomic E-state index is 13.8. The number of hydrogen-bond acceptors (Lipinski definition) is 6. The fraction of sp³-hybridized carbons (Fsp3) is 0.143. The molecule has 1 atom stereocenters. The number of hydrogen-bond donors (Lipinski definition) is 2. The number of aromatic nitrogens is 5. The van der Waals surface area contributed by atoms with Crippen molar-refractivity contribution >= 4 is 23.4 Å². The second-order valence-corrected chi connectivity index (χ2v) is 7.21. The van der Waals surface area contributed by atoms with Crippen molar-refractivity contribution in [2.24, 2.45) is 7.05 Å². The fourth-order valence-electron chi connectivity index (χ4n) is 3.16. The normalized spacial score (nSPS) is 12.0. The number of benzene rings is 1. The number of nitrogens with zero attached hydrogens (tertiary/aromatic N) is 5. The largest absolute Gasteiger partial charge is 0.394 e. The molecule has 3 aromatic heterocycles. The van der Waals surface area contributed by atoms with Gasteiger partial charge in [-0.25, -0.2) is 14.4 Å². The second-order valence-electron chi connectivity index (χ2n) is 6.80. The van der Waals surface area contributed by atoms with E-state index in [1.807, 2.05) is 0 Å². The lowest BCUT2D eigenvalue weighted by molar-refractivity contribution is 0.247. The summed E-state index contributed by atoms with van der Waals surface area (Å²) in [7, 11) is 1.80. The average molecular weight is 441 g/mol. The first-order valence-corrected chi connectivity index (χ1v) is 9.70. The van der Waals surface area contributed by atoms with Crippen molar-refractivity contribution in [2.45, 2.75) is 6.04 Å². The first kappa shape index (κ1) is 20.7. The SMILES string of the molecule is Cn1ccc(Nc2nccc(-c3ccn(C(CO)c4ccc(Cl)c(F)c4)c(=O)c3)n2)n1. The molecule has 1 aromatic carbocycles. The highest BCUT2D eigenvalue weighted by Crippen LogP contribution is 2.23. The molecule has 0 saturated heterocycles. The van der Waals surface area contributed by atoms with Gasteiger partial charge in [0.05, 0.1) is 23.4 Å². The minimum absolute atomic E-state index is 0.0259. The van der Waals surface area contributed by atoms with Gasteiger partial charge in [-0.1, -0.05) is 17.7 Å². The van der Waals surface area contributed by atoms with Crippen molar-refractivity contribution in [2.75, 3.05) is 11.9 Å². The van der Waals surface area contributed by atoms with Crippen LogP contribution in [0.25, 0.3) is 11.3 Å². The predicted molar refractivity (Wildman–Crippen MR) is 115 cm³/mol. The van der Waals surface area contributed by atoms with Gasteiger partial charge in [-0.3, -0.25) is 9.48 Å². The molecule has 0 bridgehead atoms. The Kier molecular flexibility index (Phi) is 5.79. The van der Waals surface area contributed by atoms with Crippen LogP contribution in [0, 0.1) is 5.82 Å². The van der Waals surface area contributed by atoms with Crippen LogP contribution in [0.5, 0.6) is 0 Å². The Bertz CT molecular complexity index is 1290. The van der Waals surface area contributed by atoms with Crippen LogP contribution in [-0.2, 0) is 7.05 Å². The van der Waals surface area contributed by atoms with Crippen LogP contribution >= 0.6 is 11.6 Å². The third-order valence-corrected chi connectivity index (χ3v) is 5.00. The smallest absolute Gasteiger partial charge is 0.251 e. The van der Waals surface area contributed by atoms with Crippen LogP contribution in [0.4, 0.5) is 16.2 Å². The molecule has 10 heteroatoms. The van der Waals surface area contributed by atoms with Crippen LogP contribution in [-0.4, -0.2) is 36.0 Å². The van der Waals surface area contributed by atoms with Gasteiger partial charge in [-0.15, -0.1) is 0 Å². The summed E-state index contributed by atoms with van der Waals surface area (Å²) in [5, 5.41) is 17.0. The van der Waals surface area contributed by atoms with Gasteiger partial charge in [-0.05, 0) is 29.8 Å². The number of rotatable bonds is 6. The molecule has 3 heterocycles. The molecule has 0 aliphatic rings. The average Bonchev–Trinajstić information content (AvgIpc) is 3.17. The molecule has 0 amide bonds. The van der Waals surface area contributed by atoms with E-state index in [1.165, 1.54) is 22.8 Å². The summed E-state index contributed by atoms with van der Waals surface area (Å²) in [4.78, 5) is 21.4. The molecule has 0 aliphatic carbocycles. The molecule has 0 saturated carbocycles. The summed E-state index contributed by atoms with van der Waals surface area (Å²) in [5.41, 5.74) is 1.18. The van der Waals surface area contributed by atoms with E-state index in [9.17, 15) is 14.3 Å². The van der Waals surface area contributed by atoms with E-state index in [2.05, 4.69) is 20.4 Å². The van der Waals surface area contributed by atoms with Crippen molar-refractivity contribution in [1.29, 1.82) is 0 Å². The van der Waals surface area contributed by atoms with E-state index >= 15 is 0 Å². The van der Waals surface area contributed by atoms with Gasteiger partial charge in [-0.2, -0.15) is 5.10 Å². The van der Waals surface area contributed by atoms with Crippen molar-refractivity contribution in [3.8, 4) is 11.3 Å². The molecule has 2 N–H and O–H groups in total. The lowest BCUT2D eigenvalue weighted by Crippen LogP contribution is -2.27. The Morgan fingerprint density at radius 3 is 2.71 bits per heavy atom. The van der Waals surface area contributed by atoms with Gasteiger partial charge in [0.2, 0.25) is 5.95 Å². The minimum Gasteiger partial charge on any atom is -0.394 e. The molecule has 4 aromatic rings. The van der Waals surface area contributed by atoms with E-state index in [0.29, 0.717) is 28.6 Å². The Morgan fingerprint density at radius 1 is 1.19 bits per heavy atom. The summed E-state index contributed by atoms with van der Waals surface area (Å²) in [6.45, 7) is -0.383. The molecule has 0 fully saturated rings. The van der Waals surface area contributed by atoms with Crippen molar-refractivity contribution in [3.63, 3.8) is 0 Å². The topological polar surface area (TPSA) is 97.9 Å². The molecule has 1 unspecified atom stereocenters. The highest BCUT2D eigenvalue weighted by Gasteiger charge is 2.16. The molecular weight excluding hydrogens is 423 g/mol. The predicted octanol–water partition coefficient (Wildman–Crippen LogP) is 3.16. The highest BCUT2D eigenvalue weighted by molar-refractivity contribution is 6.30. The molecule has 8 nitrogen and oxygen atoms in total. The quantitative estimate of drug-likeness (QED) is 0.478. The monoisotopic (exact) mass is 440 g/mol. The maximum Gasteiger partial charge on any atom is 0.251 e. The molecule has 4 rings (SSSR count). The van der Waals surface area contributed by atoms with Crippen molar-refractivity contribution < 1.29 is 9.50 Å². The van der Waals surface area contributed by atoms with Crippen LogP contribution in [0.15, 0.2) is 65.8 Å². The Balaban J connectivity index is 1.63. The Labute approximate surface area is 181 Å². The number of anilines is 2. The molecule has 0 radical (unpaired) electrons. The minimum atomic E-state index is -0.750. The van der Waals surface area contributed by atoms with Gasteiger partial charge in [0.15, 0.2) is 5.82 Å². The number of nitrogens with one attached hydrogen (secondary N) is 1. The van der Waals surface area contributed by atoms with Gasteiger partial charge in [0, 0.05) is 43.3 Å². The molecule has 158 valence electrons. The van der Waals surface area contributed by atoms with Gasteiger partial charge in [0.25, 0.3) is 5.56 Å². The van der Waals surface area contributed by atoms with E-state index in [1.54, 1.807) is 54.6 Å². The van der Waals surface area contributed by atoms with Gasteiger partial charge < -0.3 is 15.0 Å². The summed E-state index contributed by atoms with van der Waals surface area (Å²) < 4.78 is 16.8. The number of halogens is 2. The van der Waals surface area contributed by atoms with Crippen LogP contribution in [0.2, 0.25) is 5.02 Å². The van der Waals surface area contributed by atoms with Crippen molar-refractivity contribution in [1.82, 2.24) is 24.3 Å². The van der Waals surface area contributed by atoms with Crippen molar-refractivity contribution in [3.05, 3.63) is 87.8 Å². The molecule has 0 aliphatic heterocycles. The van der Waals surface area contributed by atoms with Gasteiger partial charge in [0.1, 0.15) is 5.82 Å². The standard InChI is InChI=1S/C21H18ClFN6O2/c1-28-8-6-19(27-28)26-21-24-7-4-17(25-21)13-5-9-29(20(31)11-13)18(12-30)14-2-3-15(22)16(23)10-14/h2-11,18,30H,12H2,1H3,(H,24,25,26,27). The van der Waals surface area contributed by atoms with E-state index in [4.69, 9.17) is 11.6 Å². The fourth-order valence-corrected chi connectivity index (χ4v) is 3.27. The number of aryl methyl sites for hydroxylation is 1. The maximum absolute atomic E-state index is 13.8. The Morgan fingerprint density at radius 2 is 2.03 bits per heavy atom.